The smallest absolute Gasteiger partial charge is 0.360 e. The summed E-state index contributed by atoms with van der Waals surface area (Å²) >= 11 is 0. The summed E-state index contributed by atoms with van der Waals surface area (Å²) in [5, 5.41) is 15.9. The summed E-state index contributed by atoms with van der Waals surface area (Å²) in [6.07, 6.45) is 3.59. The van der Waals surface area contributed by atoms with Crippen molar-refractivity contribution in [3.05, 3.63) is 98.6 Å². The van der Waals surface area contributed by atoms with Gasteiger partial charge in [-0.25, -0.2) is 4.79 Å². The minimum atomic E-state index is -0.583. The first-order valence-corrected chi connectivity index (χ1v) is 12.6. The highest BCUT2D eigenvalue weighted by molar-refractivity contribution is 6.14. The zero-order valence-electron chi connectivity index (χ0n) is 21.7. The van der Waals surface area contributed by atoms with Crippen molar-refractivity contribution < 1.29 is 19.3 Å². The van der Waals surface area contributed by atoms with Gasteiger partial charge in [-0.1, -0.05) is 68.2 Å². The summed E-state index contributed by atoms with van der Waals surface area (Å²) in [6, 6.07) is 19.2. The third-order valence-corrected chi connectivity index (χ3v) is 7.08. The first-order chi connectivity index (χ1) is 17.9. The highest BCUT2D eigenvalue weighted by atomic mass is 16.7. The molecule has 3 aromatic carbocycles. The molecule has 0 atom stereocenters. The Hall–Kier alpha value is -3.84. The van der Waals surface area contributed by atoms with E-state index in [1.165, 1.54) is 7.11 Å². The first-order valence-electron chi connectivity index (χ1n) is 12.6. The zero-order chi connectivity index (χ0) is 26.6. The maximum absolute atomic E-state index is 12.1. The fourth-order valence-corrected chi connectivity index (χ4v) is 5.60. The van der Waals surface area contributed by atoms with Crippen molar-refractivity contribution in [1.82, 2.24) is 0 Å². The van der Waals surface area contributed by atoms with E-state index >= 15 is 0 Å². The van der Waals surface area contributed by atoms with Crippen LogP contribution in [0.4, 0.5) is 5.69 Å². The molecule has 0 N–H and O–H groups in total. The van der Waals surface area contributed by atoms with Gasteiger partial charge in [0.1, 0.15) is 12.3 Å². The van der Waals surface area contributed by atoms with E-state index in [1.807, 2.05) is 43.3 Å². The molecule has 0 saturated carbocycles. The lowest BCUT2D eigenvalue weighted by Gasteiger charge is -2.32. The van der Waals surface area contributed by atoms with Crippen LogP contribution in [-0.4, -0.2) is 30.3 Å². The number of hydrogen-bond donors (Lipinski definition) is 0. The number of carbonyl (C=O) groups excluding carboxylic acids is 1. The van der Waals surface area contributed by atoms with Crippen LogP contribution in [0.5, 0.6) is 0 Å². The Bertz CT molecular complexity index is 1360. The van der Waals surface area contributed by atoms with Gasteiger partial charge in [-0.15, -0.1) is 0 Å². The van der Waals surface area contributed by atoms with Gasteiger partial charge in [0.05, 0.1) is 4.92 Å². The summed E-state index contributed by atoms with van der Waals surface area (Å²) in [5.74, 6) is -0.583. The average Bonchev–Trinajstić information content (AvgIpc) is 3.14. The van der Waals surface area contributed by atoms with Crippen molar-refractivity contribution in [3.8, 4) is 11.1 Å². The summed E-state index contributed by atoms with van der Waals surface area (Å²) in [5.41, 5.74) is 7.24. The molecule has 0 aliphatic heterocycles. The molecule has 0 fully saturated rings. The second-order valence-electron chi connectivity index (χ2n) is 9.48. The second kappa shape index (κ2) is 11.0. The number of carbonyl (C=O) groups is 1. The van der Waals surface area contributed by atoms with Crippen molar-refractivity contribution in [1.29, 1.82) is 0 Å². The molecular weight excluding hydrogens is 468 g/mol. The van der Waals surface area contributed by atoms with E-state index in [0.717, 1.165) is 64.6 Å². The molecule has 1 aliphatic rings. The molecule has 0 bridgehead atoms. The van der Waals surface area contributed by atoms with Gasteiger partial charge in [0, 0.05) is 35.8 Å². The number of nitro benzene ring substituents is 1. The minimum Gasteiger partial charge on any atom is -0.373 e. The standard InChI is InChI=1S/C30H32N2O5/c1-5-15-30(16-6-2)26-17-21(11-13-24(26)25-14-12-22(32(34)35)18-27(25)30)29(31-37-28(33)19-36-4)23-10-8-7-9-20(23)3/h7-14,17-18H,5-6,15-16,19H2,1-4H3/b31-29-. The molecule has 0 spiro atoms. The van der Waals surface area contributed by atoms with Crippen molar-refractivity contribution >= 4 is 17.4 Å². The molecular formula is C30H32N2O5. The number of nitro groups is 1. The Morgan fingerprint density at radius 3 is 2.24 bits per heavy atom. The number of rotatable bonds is 10. The van der Waals surface area contributed by atoms with Crippen LogP contribution in [0.2, 0.25) is 0 Å². The van der Waals surface area contributed by atoms with Crippen molar-refractivity contribution in [2.75, 3.05) is 13.7 Å². The van der Waals surface area contributed by atoms with Crippen LogP contribution in [0, 0.1) is 17.0 Å². The largest absolute Gasteiger partial charge is 0.373 e. The summed E-state index contributed by atoms with van der Waals surface area (Å²) < 4.78 is 4.88. The van der Waals surface area contributed by atoms with Crippen LogP contribution < -0.4 is 0 Å². The van der Waals surface area contributed by atoms with Gasteiger partial charge < -0.3 is 9.57 Å². The number of oxime groups is 1. The van der Waals surface area contributed by atoms with Gasteiger partial charge in [-0.2, -0.15) is 0 Å². The second-order valence-corrected chi connectivity index (χ2v) is 9.48. The number of ether oxygens (including phenoxy) is 1. The lowest BCUT2D eigenvalue weighted by Crippen LogP contribution is -2.25. The number of non-ortho nitro benzene ring substituents is 1. The number of hydrogen-bond acceptors (Lipinski definition) is 6. The Balaban J connectivity index is 1.93. The number of nitrogens with zero attached hydrogens (tertiary/aromatic N) is 2. The highest BCUT2D eigenvalue weighted by Crippen LogP contribution is 2.54. The Kier molecular flexibility index (Phi) is 7.83. The topological polar surface area (TPSA) is 91.0 Å². The molecule has 7 nitrogen and oxygen atoms in total. The van der Waals surface area contributed by atoms with E-state index in [2.05, 4.69) is 31.1 Å². The molecule has 192 valence electrons. The Labute approximate surface area is 217 Å². The van der Waals surface area contributed by atoms with Gasteiger partial charge in [0.25, 0.3) is 5.69 Å². The number of methoxy groups -OCH3 is 1. The van der Waals surface area contributed by atoms with E-state index in [1.54, 1.807) is 12.1 Å². The molecule has 0 radical (unpaired) electrons. The lowest BCUT2D eigenvalue weighted by molar-refractivity contribution is -0.384. The third kappa shape index (κ3) is 4.91. The molecule has 1 aliphatic carbocycles. The average molecular weight is 501 g/mol. The molecule has 37 heavy (non-hydrogen) atoms. The van der Waals surface area contributed by atoms with Gasteiger partial charge in [0.2, 0.25) is 0 Å². The predicted molar refractivity (Wildman–Crippen MR) is 144 cm³/mol. The van der Waals surface area contributed by atoms with E-state index in [4.69, 9.17) is 9.57 Å². The van der Waals surface area contributed by atoms with Crippen LogP contribution in [0.1, 0.15) is 67.3 Å². The van der Waals surface area contributed by atoms with E-state index < -0.39 is 5.97 Å². The van der Waals surface area contributed by atoms with Crippen LogP contribution in [0.25, 0.3) is 11.1 Å². The fraction of sp³-hybridized carbons (Fsp3) is 0.333. The van der Waals surface area contributed by atoms with Crippen LogP contribution in [-0.2, 0) is 19.8 Å². The van der Waals surface area contributed by atoms with Gasteiger partial charge in [-0.05, 0) is 59.7 Å². The minimum absolute atomic E-state index is 0.107. The van der Waals surface area contributed by atoms with Crippen molar-refractivity contribution in [2.24, 2.45) is 5.16 Å². The molecule has 7 heteroatoms. The molecule has 0 amide bonds. The Morgan fingerprint density at radius 2 is 1.62 bits per heavy atom. The molecule has 0 saturated heterocycles. The van der Waals surface area contributed by atoms with Gasteiger partial charge in [-0.3, -0.25) is 10.1 Å². The normalized spacial score (nSPS) is 13.7. The summed E-state index contributed by atoms with van der Waals surface area (Å²) in [6.45, 7) is 6.08. The van der Waals surface area contributed by atoms with Crippen molar-refractivity contribution in [2.45, 2.75) is 51.9 Å². The first kappa shape index (κ1) is 26.2. The quantitative estimate of drug-likeness (QED) is 0.133. The van der Waals surface area contributed by atoms with E-state index in [9.17, 15) is 14.9 Å². The monoisotopic (exact) mass is 500 g/mol. The lowest BCUT2D eigenvalue weighted by atomic mass is 9.71. The maximum Gasteiger partial charge on any atom is 0.360 e. The Morgan fingerprint density at radius 1 is 0.973 bits per heavy atom. The molecule has 0 aromatic heterocycles. The number of aryl methyl sites for hydroxylation is 1. The molecule has 0 unspecified atom stereocenters. The van der Waals surface area contributed by atoms with E-state index in [-0.39, 0.29) is 22.6 Å². The molecule has 4 rings (SSSR count). The van der Waals surface area contributed by atoms with Gasteiger partial charge >= 0.3 is 5.97 Å². The highest BCUT2D eigenvalue weighted by Gasteiger charge is 2.43. The maximum atomic E-state index is 12.1. The summed E-state index contributed by atoms with van der Waals surface area (Å²) in [7, 11) is 1.43. The number of benzene rings is 3. The summed E-state index contributed by atoms with van der Waals surface area (Å²) in [4.78, 5) is 28.6. The van der Waals surface area contributed by atoms with Crippen LogP contribution >= 0.6 is 0 Å². The van der Waals surface area contributed by atoms with Crippen molar-refractivity contribution in [3.63, 3.8) is 0 Å². The SMILES string of the molecule is CCCC1(CCC)c2cc(/C(=N/OC(=O)COC)c3ccccc3C)ccc2-c2ccc([N+](=O)[O-])cc21. The molecule has 0 heterocycles. The number of fused-ring (bicyclic) bond motifs is 3. The fourth-order valence-electron chi connectivity index (χ4n) is 5.60. The predicted octanol–water partition coefficient (Wildman–Crippen LogP) is 6.71. The van der Waals surface area contributed by atoms with Crippen LogP contribution in [0.15, 0.2) is 65.8 Å². The van der Waals surface area contributed by atoms with Crippen LogP contribution in [0.3, 0.4) is 0 Å². The third-order valence-electron chi connectivity index (χ3n) is 7.08. The molecule has 3 aromatic rings. The van der Waals surface area contributed by atoms with E-state index in [0.29, 0.717) is 5.71 Å². The van der Waals surface area contributed by atoms with Gasteiger partial charge in [0.15, 0.2) is 0 Å². The zero-order valence-corrected chi connectivity index (χ0v) is 21.7.